The maximum absolute atomic E-state index is 13.7. The molecule has 0 amide bonds. The van der Waals surface area contributed by atoms with Crippen LogP contribution in [0.4, 0.5) is 17.6 Å². The van der Waals surface area contributed by atoms with Crippen LogP contribution in [0.5, 0.6) is 0 Å². The zero-order valence-corrected chi connectivity index (χ0v) is 9.24. The minimum atomic E-state index is -1.76. The first-order chi connectivity index (χ1) is 8.02. The van der Waals surface area contributed by atoms with Gasteiger partial charge in [-0.25, -0.2) is 17.6 Å². The van der Waals surface area contributed by atoms with Crippen LogP contribution in [-0.2, 0) is 0 Å². The summed E-state index contributed by atoms with van der Waals surface area (Å²) in [6.07, 6.45) is 3.72. The zero-order valence-electron chi connectivity index (χ0n) is 8.48. The highest BCUT2D eigenvalue weighted by Gasteiger charge is 2.42. The molecule has 90 valence electrons. The van der Waals surface area contributed by atoms with Gasteiger partial charge in [-0.3, -0.25) is 0 Å². The van der Waals surface area contributed by atoms with E-state index in [2.05, 4.69) is 0 Å². The first-order valence-corrected chi connectivity index (χ1v) is 5.64. The Morgan fingerprint density at radius 2 is 1.47 bits per heavy atom. The Morgan fingerprint density at radius 3 is 2.06 bits per heavy atom. The van der Waals surface area contributed by atoms with Gasteiger partial charge in [-0.2, -0.15) is 0 Å². The monoisotopic (exact) mass is 262 g/mol. The first-order valence-electron chi connectivity index (χ1n) is 5.20. The van der Waals surface area contributed by atoms with Crippen LogP contribution in [0.1, 0.15) is 29.4 Å². The molecule has 0 saturated carbocycles. The lowest BCUT2D eigenvalue weighted by Gasteiger charge is -2.37. The summed E-state index contributed by atoms with van der Waals surface area (Å²) in [4.78, 5) is 0. The molecule has 1 aromatic carbocycles. The van der Waals surface area contributed by atoms with Crippen molar-refractivity contribution in [1.82, 2.24) is 0 Å². The maximum atomic E-state index is 13.7. The summed E-state index contributed by atoms with van der Waals surface area (Å²) < 4.78 is 53.7. The van der Waals surface area contributed by atoms with Gasteiger partial charge in [0.2, 0.25) is 0 Å². The minimum absolute atomic E-state index is 0.0780. The van der Waals surface area contributed by atoms with Crippen LogP contribution < -0.4 is 0 Å². The number of alkyl halides is 1. The van der Waals surface area contributed by atoms with Gasteiger partial charge in [0.05, 0.1) is 0 Å². The van der Waals surface area contributed by atoms with E-state index in [1.807, 2.05) is 0 Å². The van der Waals surface area contributed by atoms with Crippen molar-refractivity contribution in [3.05, 3.63) is 46.5 Å². The molecule has 1 aromatic rings. The normalized spacial score (nSPS) is 29.6. The molecule has 2 bridgehead atoms. The number of allylic oxidation sites excluding steroid dienone is 2. The number of hydrogen-bond donors (Lipinski definition) is 0. The summed E-state index contributed by atoms with van der Waals surface area (Å²) in [5.74, 6) is -7.16. The Labute approximate surface area is 99.9 Å². The number of benzene rings is 1. The Hall–Kier alpha value is -1.03. The molecule has 0 radical (unpaired) electrons. The van der Waals surface area contributed by atoms with Crippen LogP contribution in [0.3, 0.4) is 0 Å². The summed E-state index contributed by atoms with van der Waals surface area (Å²) in [5.41, 5.74) is -0.203. The summed E-state index contributed by atoms with van der Waals surface area (Å²) in [7, 11) is 0. The van der Waals surface area contributed by atoms with Crippen molar-refractivity contribution in [3.63, 3.8) is 0 Å². The SMILES string of the molecule is Fc1c(F)c(F)c2c(c1F)[C@H]1C=C[C@@H]2[C@@H](Cl)C1. The van der Waals surface area contributed by atoms with Gasteiger partial charge < -0.3 is 0 Å². The average molecular weight is 263 g/mol. The van der Waals surface area contributed by atoms with Gasteiger partial charge in [0.15, 0.2) is 23.3 Å². The van der Waals surface area contributed by atoms with Crippen LogP contribution in [0.25, 0.3) is 0 Å². The second-order valence-corrected chi connectivity index (χ2v) is 4.91. The van der Waals surface area contributed by atoms with E-state index < -0.39 is 40.5 Å². The highest BCUT2D eigenvalue weighted by molar-refractivity contribution is 6.21. The van der Waals surface area contributed by atoms with Gasteiger partial charge in [0.1, 0.15) is 0 Å². The van der Waals surface area contributed by atoms with Crippen molar-refractivity contribution in [1.29, 1.82) is 0 Å². The fourth-order valence-electron chi connectivity index (χ4n) is 2.69. The third kappa shape index (κ3) is 1.30. The molecule has 17 heavy (non-hydrogen) atoms. The smallest absolute Gasteiger partial charge is 0.197 e. The van der Waals surface area contributed by atoms with E-state index in [0.717, 1.165) is 0 Å². The van der Waals surface area contributed by atoms with E-state index in [-0.39, 0.29) is 11.1 Å². The summed E-state index contributed by atoms with van der Waals surface area (Å²) in [6, 6.07) is 0. The van der Waals surface area contributed by atoms with Gasteiger partial charge in [0.25, 0.3) is 0 Å². The minimum Gasteiger partial charge on any atom is -0.203 e. The Kier molecular flexibility index (Phi) is 2.27. The predicted octanol–water partition coefficient (Wildman–Crippen LogP) is 3.99. The molecule has 0 spiro atoms. The van der Waals surface area contributed by atoms with E-state index in [4.69, 9.17) is 11.6 Å². The third-order valence-electron chi connectivity index (χ3n) is 3.46. The van der Waals surface area contributed by atoms with Gasteiger partial charge >= 0.3 is 0 Å². The predicted molar refractivity (Wildman–Crippen MR) is 55.2 cm³/mol. The van der Waals surface area contributed by atoms with Crippen molar-refractivity contribution in [2.75, 3.05) is 0 Å². The van der Waals surface area contributed by atoms with Crippen molar-refractivity contribution in [2.45, 2.75) is 23.6 Å². The molecule has 3 atom stereocenters. The molecule has 0 unspecified atom stereocenters. The van der Waals surface area contributed by atoms with E-state index >= 15 is 0 Å². The van der Waals surface area contributed by atoms with Gasteiger partial charge in [0, 0.05) is 28.3 Å². The third-order valence-corrected chi connectivity index (χ3v) is 3.91. The van der Waals surface area contributed by atoms with E-state index in [0.29, 0.717) is 6.42 Å². The first kappa shape index (κ1) is 11.1. The molecule has 0 aliphatic heterocycles. The standard InChI is InChI=1S/C12H7ClF4/c13-6-3-4-1-2-5(6)8-7(4)9(14)11(16)12(17)10(8)15/h1-2,4-6H,3H2/t4-,5+,6-/m0/s1. The van der Waals surface area contributed by atoms with Crippen LogP contribution in [0, 0.1) is 23.3 Å². The largest absolute Gasteiger partial charge is 0.203 e. The molecular formula is C12H7ClF4. The van der Waals surface area contributed by atoms with E-state index in [1.165, 1.54) is 0 Å². The number of fused-ring (bicyclic) bond motifs is 1. The molecule has 4 rings (SSSR count). The fourth-order valence-corrected chi connectivity index (χ4v) is 3.09. The average Bonchev–Trinajstić information content (AvgIpc) is 2.33. The lowest BCUT2D eigenvalue weighted by Crippen LogP contribution is -2.30. The maximum Gasteiger partial charge on any atom is 0.197 e. The second-order valence-electron chi connectivity index (χ2n) is 4.35. The Balaban J connectivity index is 2.36. The molecule has 5 heteroatoms. The van der Waals surface area contributed by atoms with E-state index in [9.17, 15) is 17.6 Å². The van der Waals surface area contributed by atoms with Crippen molar-refractivity contribution in [3.8, 4) is 0 Å². The molecule has 0 saturated heterocycles. The highest BCUT2D eigenvalue weighted by atomic mass is 35.5. The molecule has 0 fully saturated rings. The molecule has 3 aliphatic carbocycles. The van der Waals surface area contributed by atoms with Crippen LogP contribution in [0.15, 0.2) is 12.2 Å². The van der Waals surface area contributed by atoms with Crippen LogP contribution >= 0.6 is 11.6 Å². The van der Waals surface area contributed by atoms with Crippen LogP contribution in [0.2, 0.25) is 0 Å². The van der Waals surface area contributed by atoms with Crippen molar-refractivity contribution >= 4 is 11.6 Å². The fraction of sp³-hybridized carbons (Fsp3) is 0.333. The molecule has 0 aromatic heterocycles. The number of rotatable bonds is 0. The number of hydrogen-bond acceptors (Lipinski definition) is 0. The number of halogens is 5. The Bertz CT molecular complexity index is 538. The van der Waals surface area contributed by atoms with Gasteiger partial charge in [-0.15, -0.1) is 11.6 Å². The van der Waals surface area contributed by atoms with Gasteiger partial charge in [-0.05, 0) is 6.42 Å². The zero-order chi connectivity index (χ0) is 12.3. The molecule has 0 nitrogen and oxygen atoms in total. The molecule has 0 N–H and O–H groups in total. The lowest BCUT2D eigenvalue weighted by atomic mass is 9.70. The lowest BCUT2D eigenvalue weighted by molar-refractivity contribution is 0.379. The second kappa shape index (κ2) is 3.48. The van der Waals surface area contributed by atoms with E-state index in [1.54, 1.807) is 12.2 Å². The quantitative estimate of drug-likeness (QED) is 0.218. The van der Waals surface area contributed by atoms with Gasteiger partial charge in [-0.1, -0.05) is 12.2 Å². The highest BCUT2D eigenvalue weighted by Crippen LogP contribution is 2.49. The molecule has 0 heterocycles. The Morgan fingerprint density at radius 1 is 0.882 bits per heavy atom. The molecule has 3 aliphatic rings. The summed E-state index contributed by atoms with van der Waals surface area (Å²) in [5, 5.41) is -0.406. The summed E-state index contributed by atoms with van der Waals surface area (Å²) in [6.45, 7) is 0. The van der Waals surface area contributed by atoms with Crippen LogP contribution in [-0.4, -0.2) is 5.38 Å². The van der Waals surface area contributed by atoms with Crippen molar-refractivity contribution < 1.29 is 17.6 Å². The summed E-state index contributed by atoms with van der Waals surface area (Å²) >= 11 is 6.00. The topological polar surface area (TPSA) is 0 Å². The molecular weight excluding hydrogens is 256 g/mol. The van der Waals surface area contributed by atoms with Crippen molar-refractivity contribution in [2.24, 2.45) is 0 Å².